The van der Waals surface area contributed by atoms with Gasteiger partial charge >= 0.3 is 0 Å². The van der Waals surface area contributed by atoms with Crippen molar-refractivity contribution in [1.29, 1.82) is 0 Å². The fourth-order valence-electron chi connectivity index (χ4n) is 2.30. The molecule has 3 heteroatoms. The number of benzene rings is 2. The summed E-state index contributed by atoms with van der Waals surface area (Å²) in [7, 11) is 0. The lowest BCUT2D eigenvalue weighted by Gasteiger charge is -2.09. The van der Waals surface area contributed by atoms with E-state index in [1.165, 1.54) is 0 Å². The Morgan fingerprint density at radius 2 is 1.90 bits per heavy atom. The number of rotatable bonds is 4. The summed E-state index contributed by atoms with van der Waals surface area (Å²) in [5.74, 6) is 0.314. The van der Waals surface area contributed by atoms with E-state index in [0.717, 1.165) is 16.5 Å². The van der Waals surface area contributed by atoms with Crippen LogP contribution in [0.2, 0.25) is 0 Å². The molecule has 0 amide bonds. The van der Waals surface area contributed by atoms with Crippen molar-refractivity contribution in [3.63, 3.8) is 0 Å². The zero-order valence-corrected chi connectivity index (χ0v) is 12.2. The molecule has 0 aliphatic heterocycles. The molecule has 108 valence electrons. The predicted molar refractivity (Wildman–Crippen MR) is 83.6 cm³/mol. The molecule has 2 nitrogen and oxygen atoms in total. The Kier molecular flexibility index (Phi) is 3.76. The maximum Gasteiger partial charge on any atom is 0.138 e. The lowest BCUT2D eigenvalue weighted by Crippen LogP contribution is -2.21. The van der Waals surface area contributed by atoms with Crippen molar-refractivity contribution in [2.75, 3.05) is 0 Å². The molecule has 1 aromatic heterocycles. The third-order valence-electron chi connectivity index (χ3n) is 3.44. The number of fused-ring (bicyclic) bond motifs is 1. The molecule has 0 aliphatic rings. The number of furan rings is 1. The first-order valence-corrected chi connectivity index (χ1v) is 7.14. The van der Waals surface area contributed by atoms with Gasteiger partial charge in [-0.2, -0.15) is 0 Å². The van der Waals surface area contributed by atoms with Gasteiger partial charge in [-0.3, -0.25) is 0 Å². The van der Waals surface area contributed by atoms with Gasteiger partial charge in [0.1, 0.15) is 17.2 Å². The topological polar surface area (TPSA) is 25.2 Å². The Labute approximate surface area is 123 Å². The fraction of sp³-hybridized carbons (Fsp3) is 0.222. The van der Waals surface area contributed by atoms with Crippen LogP contribution in [-0.4, -0.2) is 6.04 Å². The third-order valence-corrected chi connectivity index (χ3v) is 3.44. The fourth-order valence-corrected chi connectivity index (χ4v) is 2.30. The second kappa shape index (κ2) is 5.70. The Bertz CT molecular complexity index is 728. The molecule has 21 heavy (non-hydrogen) atoms. The van der Waals surface area contributed by atoms with E-state index in [9.17, 15) is 4.39 Å². The molecule has 1 heterocycles. The second-order valence-electron chi connectivity index (χ2n) is 5.50. The first-order chi connectivity index (χ1) is 10.1. The van der Waals surface area contributed by atoms with Crippen LogP contribution in [0.5, 0.6) is 0 Å². The van der Waals surface area contributed by atoms with Crippen molar-refractivity contribution in [2.45, 2.75) is 26.4 Å². The van der Waals surface area contributed by atoms with Gasteiger partial charge in [0.05, 0.1) is 5.56 Å². The Balaban J connectivity index is 1.91. The lowest BCUT2D eigenvalue weighted by atomic mass is 10.1. The molecule has 3 aromatic rings. The Hall–Kier alpha value is -2.13. The van der Waals surface area contributed by atoms with Gasteiger partial charge < -0.3 is 9.73 Å². The van der Waals surface area contributed by atoms with Crippen molar-refractivity contribution in [1.82, 2.24) is 5.32 Å². The van der Waals surface area contributed by atoms with Gasteiger partial charge in [0.25, 0.3) is 0 Å². The zero-order chi connectivity index (χ0) is 14.8. The molecular weight excluding hydrogens is 265 g/mol. The average molecular weight is 283 g/mol. The van der Waals surface area contributed by atoms with Gasteiger partial charge in [0.2, 0.25) is 0 Å². The van der Waals surface area contributed by atoms with Crippen LogP contribution in [0.4, 0.5) is 4.39 Å². The van der Waals surface area contributed by atoms with E-state index in [1.807, 2.05) is 36.4 Å². The summed E-state index contributed by atoms with van der Waals surface area (Å²) in [6.07, 6.45) is 0. The van der Waals surface area contributed by atoms with Gasteiger partial charge in [-0.15, -0.1) is 0 Å². The van der Waals surface area contributed by atoms with Crippen LogP contribution in [0.3, 0.4) is 0 Å². The van der Waals surface area contributed by atoms with Gasteiger partial charge in [0.15, 0.2) is 0 Å². The zero-order valence-electron chi connectivity index (χ0n) is 12.2. The third kappa shape index (κ3) is 2.98. The molecule has 0 atom stereocenters. The van der Waals surface area contributed by atoms with E-state index in [2.05, 4.69) is 19.2 Å². The molecule has 1 N–H and O–H groups in total. The van der Waals surface area contributed by atoms with Crippen LogP contribution in [0.15, 0.2) is 52.9 Å². The monoisotopic (exact) mass is 283 g/mol. The van der Waals surface area contributed by atoms with Crippen molar-refractivity contribution in [3.8, 4) is 11.3 Å². The second-order valence-corrected chi connectivity index (χ2v) is 5.50. The summed E-state index contributed by atoms with van der Waals surface area (Å²) in [6, 6.07) is 15.2. The standard InChI is InChI=1S/C18H18FNO/c1-12(2)20-11-13-7-8-15(16(19)9-13)18-10-14-5-3-4-6-17(14)21-18/h3-10,12,20H,11H2,1-2H3. The van der Waals surface area contributed by atoms with Crippen molar-refractivity contribution >= 4 is 11.0 Å². The minimum absolute atomic E-state index is 0.253. The maximum atomic E-state index is 14.3. The molecule has 0 aliphatic carbocycles. The largest absolute Gasteiger partial charge is 0.456 e. The minimum atomic E-state index is -0.253. The van der Waals surface area contributed by atoms with Gasteiger partial charge in [-0.25, -0.2) is 4.39 Å². The first-order valence-electron chi connectivity index (χ1n) is 7.14. The SMILES string of the molecule is CC(C)NCc1ccc(-c2cc3ccccc3o2)c(F)c1. The summed E-state index contributed by atoms with van der Waals surface area (Å²) in [5, 5.41) is 4.26. The molecule has 0 bridgehead atoms. The number of halogens is 1. The van der Waals surface area contributed by atoms with Crippen LogP contribution in [-0.2, 0) is 6.54 Å². The van der Waals surface area contributed by atoms with E-state index >= 15 is 0 Å². The van der Waals surface area contributed by atoms with E-state index in [-0.39, 0.29) is 5.82 Å². The highest BCUT2D eigenvalue weighted by molar-refractivity contribution is 5.82. The molecule has 0 saturated carbocycles. The Morgan fingerprint density at radius 3 is 2.62 bits per heavy atom. The quantitative estimate of drug-likeness (QED) is 0.748. The van der Waals surface area contributed by atoms with E-state index in [1.54, 1.807) is 12.1 Å². The van der Waals surface area contributed by atoms with E-state index < -0.39 is 0 Å². The van der Waals surface area contributed by atoms with Crippen LogP contribution in [0, 0.1) is 5.82 Å². The molecule has 0 saturated heterocycles. The first kappa shape index (κ1) is 13.8. The van der Waals surface area contributed by atoms with Crippen LogP contribution in [0.25, 0.3) is 22.3 Å². The number of nitrogens with one attached hydrogen (secondary N) is 1. The normalized spacial score (nSPS) is 11.4. The molecular formula is C18H18FNO. The van der Waals surface area contributed by atoms with Crippen molar-refractivity contribution in [3.05, 3.63) is 59.9 Å². The maximum absolute atomic E-state index is 14.3. The Morgan fingerprint density at radius 1 is 1.10 bits per heavy atom. The summed E-state index contributed by atoms with van der Waals surface area (Å²) in [6.45, 7) is 4.80. The number of hydrogen-bond acceptors (Lipinski definition) is 2. The summed E-state index contributed by atoms with van der Waals surface area (Å²) in [4.78, 5) is 0. The molecule has 3 rings (SSSR count). The minimum Gasteiger partial charge on any atom is -0.456 e. The predicted octanol–water partition coefficient (Wildman–Crippen LogP) is 4.74. The molecule has 0 spiro atoms. The molecule has 0 fully saturated rings. The average Bonchev–Trinajstić information content (AvgIpc) is 2.88. The molecule has 2 aromatic carbocycles. The van der Waals surface area contributed by atoms with Gasteiger partial charge in [-0.05, 0) is 29.8 Å². The summed E-state index contributed by atoms with van der Waals surface area (Å²) in [5.41, 5.74) is 2.21. The van der Waals surface area contributed by atoms with Crippen molar-refractivity contribution < 1.29 is 8.81 Å². The molecule has 0 radical (unpaired) electrons. The smallest absolute Gasteiger partial charge is 0.138 e. The lowest BCUT2D eigenvalue weighted by molar-refractivity contribution is 0.578. The highest BCUT2D eigenvalue weighted by Gasteiger charge is 2.11. The van der Waals surface area contributed by atoms with Crippen LogP contribution in [0.1, 0.15) is 19.4 Å². The van der Waals surface area contributed by atoms with Crippen LogP contribution >= 0.6 is 0 Å². The van der Waals surface area contributed by atoms with Crippen molar-refractivity contribution in [2.24, 2.45) is 0 Å². The van der Waals surface area contributed by atoms with Gasteiger partial charge in [0, 0.05) is 18.0 Å². The number of hydrogen-bond donors (Lipinski definition) is 1. The summed E-state index contributed by atoms with van der Waals surface area (Å²) < 4.78 is 20.0. The van der Waals surface area contributed by atoms with E-state index in [0.29, 0.717) is 23.9 Å². The highest BCUT2D eigenvalue weighted by Crippen LogP contribution is 2.29. The summed E-state index contributed by atoms with van der Waals surface area (Å²) >= 11 is 0. The number of para-hydroxylation sites is 1. The highest BCUT2D eigenvalue weighted by atomic mass is 19.1. The van der Waals surface area contributed by atoms with E-state index in [4.69, 9.17) is 4.42 Å². The van der Waals surface area contributed by atoms with Crippen LogP contribution < -0.4 is 5.32 Å². The van der Waals surface area contributed by atoms with Gasteiger partial charge in [-0.1, -0.05) is 38.1 Å². The molecule has 0 unspecified atom stereocenters.